The van der Waals surface area contributed by atoms with E-state index in [1.54, 1.807) is 13.2 Å². The van der Waals surface area contributed by atoms with E-state index in [1.807, 2.05) is 71.8 Å². The van der Waals surface area contributed by atoms with Gasteiger partial charge in [0.25, 0.3) is 11.8 Å². The number of aromatic amines is 1. The second kappa shape index (κ2) is 11.7. The summed E-state index contributed by atoms with van der Waals surface area (Å²) in [5.41, 5.74) is 4.60. The lowest BCUT2D eigenvalue weighted by atomic mass is 10.0. The molecule has 2 amide bonds. The molecule has 0 bridgehead atoms. The van der Waals surface area contributed by atoms with Crippen LogP contribution in [0.2, 0.25) is 0 Å². The summed E-state index contributed by atoms with van der Waals surface area (Å²) in [4.78, 5) is 28.8. The van der Waals surface area contributed by atoms with Gasteiger partial charge >= 0.3 is 0 Å². The van der Waals surface area contributed by atoms with Crippen LogP contribution >= 0.6 is 23.7 Å². The fourth-order valence-corrected chi connectivity index (χ4v) is 5.31. The molecule has 192 valence electrons. The Bertz CT molecular complexity index is 1440. The molecule has 0 radical (unpaired) electrons. The van der Waals surface area contributed by atoms with Crippen molar-refractivity contribution < 1.29 is 14.3 Å². The van der Waals surface area contributed by atoms with Crippen molar-refractivity contribution in [1.29, 1.82) is 0 Å². The Kier molecular flexibility index (Phi) is 8.43. The number of hydrogen-bond acceptors (Lipinski definition) is 5. The maximum atomic E-state index is 13.3. The number of nitrogens with one attached hydrogen (secondary N) is 2. The summed E-state index contributed by atoms with van der Waals surface area (Å²) in [6.07, 6.45) is 5.67. The summed E-state index contributed by atoms with van der Waals surface area (Å²) in [7, 11) is 1.71. The summed E-state index contributed by atoms with van der Waals surface area (Å²) in [5, 5.41) is 13.4. The average molecular weight is 537 g/mol. The van der Waals surface area contributed by atoms with Gasteiger partial charge < -0.3 is 15.0 Å². The third-order valence-electron chi connectivity index (χ3n) is 6.60. The molecule has 3 heterocycles. The summed E-state index contributed by atoms with van der Waals surface area (Å²) < 4.78 is 5.43. The lowest BCUT2D eigenvalue weighted by molar-refractivity contribution is 0.0350. The van der Waals surface area contributed by atoms with E-state index in [0.29, 0.717) is 29.2 Å². The summed E-state index contributed by atoms with van der Waals surface area (Å²) in [5.74, 6) is -0.228. The van der Waals surface area contributed by atoms with Crippen LogP contribution in [0.4, 0.5) is 5.69 Å². The number of ether oxygens (including phenoxy) is 1. The Morgan fingerprint density at radius 2 is 1.92 bits per heavy atom. The Morgan fingerprint density at radius 3 is 2.65 bits per heavy atom. The van der Waals surface area contributed by atoms with E-state index in [0.717, 1.165) is 40.6 Å². The van der Waals surface area contributed by atoms with Gasteiger partial charge in [0.2, 0.25) is 0 Å². The zero-order valence-electron chi connectivity index (χ0n) is 20.7. The van der Waals surface area contributed by atoms with Crippen LogP contribution in [-0.4, -0.2) is 53.2 Å². The molecule has 0 aliphatic carbocycles. The number of likely N-dealkylation sites (tertiary alicyclic amines) is 1. The third kappa shape index (κ3) is 5.77. The number of hydrogen-bond donors (Lipinski definition) is 2. The first-order chi connectivity index (χ1) is 17.5. The second-order valence-corrected chi connectivity index (χ2v) is 9.82. The van der Waals surface area contributed by atoms with Gasteiger partial charge in [-0.1, -0.05) is 30.3 Å². The van der Waals surface area contributed by atoms with Gasteiger partial charge in [-0.05, 0) is 66.6 Å². The molecule has 7 nitrogen and oxygen atoms in total. The number of nitrogens with zero attached hydrogens (tertiary/aromatic N) is 2. The van der Waals surface area contributed by atoms with Gasteiger partial charge in [-0.15, -0.1) is 23.7 Å². The zero-order chi connectivity index (χ0) is 25.1. The normalized spacial score (nSPS) is 14.2. The van der Waals surface area contributed by atoms with Crippen LogP contribution < -0.4 is 5.32 Å². The van der Waals surface area contributed by atoms with Gasteiger partial charge in [0.15, 0.2) is 0 Å². The second-order valence-electron chi connectivity index (χ2n) is 8.90. The summed E-state index contributed by atoms with van der Waals surface area (Å²) in [6, 6.07) is 15.3. The van der Waals surface area contributed by atoms with E-state index in [1.165, 1.54) is 11.3 Å². The highest BCUT2D eigenvalue weighted by Crippen LogP contribution is 2.26. The number of anilines is 1. The van der Waals surface area contributed by atoms with Crippen LogP contribution in [0.25, 0.3) is 23.1 Å². The molecule has 5 rings (SSSR count). The van der Waals surface area contributed by atoms with Gasteiger partial charge in [-0.25, -0.2) is 0 Å². The van der Waals surface area contributed by atoms with Crippen LogP contribution in [-0.2, 0) is 4.74 Å². The van der Waals surface area contributed by atoms with Crippen molar-refractivity contribution in [2.24, 2.45) is 0 Å². The fraction of sp³-hybridized carbons (Fsp3) is 0.250. The first kappa shape index (κ1) is 26.6. The van der Waals surface area contributed by atoms with Crippen molar-refractivity contribution in [3.05, 3.63) is 81.2 Å². The van der Waals surface area contributed by atoms with E-state index >= 15 is 0 Å². The number of fused-ring (bicyclic) bond motifs is 1. The maximum absolute atomic E-state index is 13.3. The lowest BCUT2D eigenvalue weighted by Gasteiger charge is -2.31. The SMILES string of the molecule is COC1CCN(C(=O)c2ccc(/C=C/c3n[nH]c4ccccc34)c(NC(=O)c3sccc3C)c2)CC1.Cl. The Hall–Kier alpha value is -3.46. The lowest BCUT2D eigenvalue weighted by Crippen LogP contribution is -2.40. The highest BCUT2D eigenvalue weighted by molar-refractivity contribution is 7.12. The Balaban J connectivity index is 0.00000320. The van der Waals surface area contributed by atoms with Crippen LogP contribution in [0.1, 0.15) is 49.7 Å². The topological polar surface area (TPSA) is 87.3 Å². The summed E-state index contributed by atoms with van der Waals surface area (Å²) in [6.45, 7) is 3.22. The van der Waals surface area contributed by atoms with Gasteiger partial charge in [0.1, 0.15) is 0 Å². The standard InChI is InChI=1S/C28H28N4O3S.ClH/c1-18-13-16-36-26(18)27(33)29-25-17-20(28(34)32-14-11-21(35-2)12-15-32)8-7-19(25)9-10-24-22-5-3-4-6-23(22)30-31-24;/h3-10,13,16-17,21H,11-12,14-15H2,1-2H3,(H,29,33)(H,30,31);1H/b10-9+;. The molecule has 2 aromatic heterocycles. The van der Waals surface area contributed by atoms with E-state index in [2.05, 4.69) is 15.5 Å². The van der Waals surface area contributed by atoms with E-state index < -0.39 is 0 Å². The molecule has 0 atom stereocenters. The number of methoxy groups -OCH3 is 1. The van der Waals surface area contributed by atoms with Crippen LogP contribution in [0.3, 0.4) is 0 Å². The van der Waals surface area contributed by atoms with Gasteiger partial charge in [-0.3, -0.25) is 14.7 Å². The first-order valence-electron chi connectivity index (χ1n) is 12.0. The van der Waals surface area contributed by atoms with Gasteiger partial charge in [0, 0.05) is 36.8 Å². The molecule has 1 fully saturated rings. The van der Waals surface area contributed by atoms with Crippen molar-refractivity contribution in [3.63, 3.8) is 0 Å². The molecular formula is C28H29ClN4O3S. The van der Waals surface area contributed by atoms with E-state index in [4.69, 9.17) is 4.74 Å². The molecule has 1 aliphatic rings. The molecule has 1 saturated heterocycles. The molecule has 0 spiro atoms. The van der Waals surface area contributed by atoms with Crippen molar-refractivity contribution in [3.8, 4) is 0 Å². The largest absolute Gasteiger partial charge is 0.381 e. The summed E-state index contributed by atoms with van der Waals surface area (Å²) >= 11 is 1.40. The number of rotatable bonds is 6. The molecule has 9 heteroatoms. The molecular weight excluding hydrogens is 508 g/mol. The predicted molar refractivity (Wildman–Crippen MR) is 152 cm³/mol. The Labute approximate surface area is 225 Å². The highest BCUT2D eigenvalue weighted by Gasteiger charge is 2.24. The zero-order valence-corrected chi connectivity index (χ0v) is 22.3. The average Bonchev–Trinajstić information content (AvgIpc) is 3.53. The van der Waals surface area contributed by atoms with E-state index in [-0.39, 0.29) is 30.3 Å². The number of thiophene rings is 1. The maximum Gasteiger partial charge on any atom is 0.266 e. The van der Waals surface area contributed by atoms with Gasteiger partial charge in [0.05, 0.1) is 22.2 Å². The number of halogens is 1. The number of piperidine rings is 1. The minimum absolute atomic E-state index is 0. The number of amides is 2. The number of H-pyrrole nitrogens is 1. The number of aromatic nitrogens is 2. The molecule has 4 aromatic rings. The minimum Gasteiger partial charge on any atom is -0.381 e. The third-order valence-corrected chi connectivity index (χ3v) is 7.62. The number of benzene rings is 2. The van der Waals surface area contributed by atoms with E-state index in [9.17, 15) is 9.59 Å². The number of aryl methyl sites for hydroxylation is 1. The molecule has 0 unspecified atom stereocenters. The number of para-hydroxylation sites is 1. The molecule has 2 aromatic carbocycles. The number of carbonyl (C=O) groups excluding carboxylic acids is 2. The quantitative estimate of drug-likeness (QED) is 0.315. The molecule has 1 aliphatic heterocycles. The molecule has 37 heavy (non-hydrogen) atoms. The smallest absolute Gasteiger partial charge is 0.266 e. The monoisotopic (exact) mass is 536 g/mol. The number of carbonyl (C=O) groups is 2. The van der Waals surface area contributed by atoms with Crippen molar-refractivity contribution in [2.75, 3.05) is 25.5 Å². The minimum atomic E-state index is -0.187. The van der Waals surface area contributed by atoms with Crippen LogP contribution in [0, 0.1) is 6.92 Å². The Morgan fingerprint density at radius 1 is 1.14 bits per heavy atom. The predicted octanol–water partition coefficient (Wildman–Crippen LogP) is 6.03. The molecule has 0 saturated carbocycles. The van der Waals surface area contributed by atoms with Crippen molar-refractivity contribution in [2.45, 2.75) is 25.9 Å². The first-order valence-corrected chi connectivity index (χ1v) is 12.8. The highest BCUT2D eigenvalue weighted by atomic mass is 35.5. The van der Waals surface area contributed by atoms with Crippen LogP contribution in [0.5, 0.6) is 0 Å². The molecule has 2 N–H and O–H groups in total. The van der Waals surface area contributed by atoms with Crippen molar-refractivity contribution >= 4 is 64.3 Å². The van der Waals surface area contributed by atoms with Gasteiger partial charge in [-0.2, -0.15) is 5.10 Å². The fourth-order valence-electron chi connectivity index (χ4n) is 4.48. The van der Waals surface area contributed by atoms with Crippen molar-refractivity contribution in [1.82, 2.24) is 15.1 Å². The van der Waals surface area contributed by atoms with Crippen LogP contribution in [0.15, 0.2) is 53.9 Å².